The van der Waals surface area contributed by atoms with Crippen molar-refractivity contribution in [2.45, 2.75) is 204 Å². The average molecular weight is 1790 g/mol. The largest absolute Gasteiger partial charge is 0.508 e. The van der Waals surface area contributed by atoms with Gasteiger partial charge in [-0.2, -0.15) is 0 Å². The molecule has 0 aromatic heterocycles. The summed E-state index contributed by atoms with van der Waals surface area (Å²) in [6.07, 6.45) is 6.27. The molecule has 3 saturated carbocycles. The second kappa shape index (κ2) is 45.6. The van der Waals surface area contributed by atoms with Crippen molar-refractivity contribution in [2.75, 3.05) is 78.5 Å². The molecule has 13 rings (SSSR count). The van der Waals surface area contributed by atoms with E-state index in [9.17, 15) is 72.2 Å². The molecule has 5 aliphatic heterocycles. The molecule has 34 nitrogen and oxygen atoms in total. The summed E-state index contributed by atoms with van der Waals surface area (Å²) in [5, 5.41) is 70.3. The third kappa shape index (κ3) is 25.7. The molecule has 8 fully saturated rings. The molecule has 0 bridgehead atoms. The van der Waals surface area contributed by atoms with Crippen LogP contribution in [0.1, 0.15) is 135 Å². The maximum Gasteiger partial charge on any atom is 0.226 e. The fourth-order valence-electron chi connectivity index (χ4n) is 20.7. The normalized spacial score (nSPS) is 26.4. The number of carbonyl (C=O) groups is 14. The van der Waals surface area contributed by atoms with E-state index in [4.69, 9.17) is 5.73 Å². The lowest BCUT2D eigenvalue weighted by Gasteiger charge is -2.28. The monoisotopic (exact) mass is 1790 g/mol. The summed E-state index contributed by atoms with van der Waals surface area (Å²) in [5.41, 5.74) is 8.12. The number of benzene rings is 5. The highest BCUT2D eigenvalue weighted by Gasteiger charge is 2.46. The lowest BCUT2D eigenvalue weighted by atomic mass is 9.93. The van der Waals surface area contributed by atoms with Crippen LogP contribution in [0.4, 0.5) is 0 Å². The van der Waals surface area contributed by atoms with Gasteiger partial charge in [0.2, 0.25) is 82.7 Å². The number of primary amides is 1. The zero-order valence-electron chi connectivity index (χ0n) is 75.2. The molecule has 34 heteroatoms. The fraction of sp³-hybridized carbons (Fsp3) is 0.583. The Balaban J connectivity index is 0.595. The van der Waals surface area contributed by atoms with E-state index in [1.54, 1.807) is 12.1 Å². The molecule has 702 valence electrons. The summed E-state index contributed by atoms with van der Waals surface area (Å²) in [6, 6.07) is 27.6. The second-order valence-electron chi connectivity index (χ2n) is 38.1. The van der Waals surface area contributed by atoms with Gasteiger partial charge < -0.3 is 107 Å². The van der Waals surface area contributed by atoms with Gasteiger partial charge in [-0.25, -0.2) is 0 Å². The van der Waals surface area contributed by atoms with Crippen molar-refractivity contribution in [2.24, 2.45) is 76.7 Å². The molecule has 5 aromatic rings. The fourth-order valence-corrected chi connectivity index (χ4v) is 20.7. The molecule has 14 amide bonds. The molecule has 21 atom stereocenters. The first-order valence-corrected chi connectivity index (χ1v) is 46.9. The molecule has 5 aromatic carbocycles. The summed E-state index contributed by atoms with van der Waals surface area (Å²) in [5.74, 6) is -11.8. The number of aromatic hydroxyl groups is 1. The smallest absolute Gasteiger partial charge is 0.226 e. The highest BCUT2D eigenvalue weighted by Crippen LogP contribution is 2.32. The Labute approximate surface area is 759 Å². The second-order valence-corrected chi connectivity index (χ2v) is 38.1. The zero-order chi connectivity index (χ0) is 92.2. The van der Waals surface area contributed by atoms with E-state index in [0.717, 1.165) is 39.1 Å². The zero-order valence-corrected chi connectivity index (χ0v) is 75.2. The minimum absolute atomic E-state index is 0.00993. The van der Waals surface area contributed by atoms with Crippen molar-refractivity contribution in [3.63, 3.8) is 0 Å². The predicted molar refractivity (Wildman–Crippen MR) is 488 cm³/mol. The van der Waals surface area contributed by atoms with E-state index >= 15 is 0 Å². The number of carbonyl (C=O) groups excluding carboxylic acids is 14. The van der Waals surface area contributed by atoms with Crippen molar-refractivity contribution in [1.29, 1.82) is 0 Å². The Hall–Kier alpha value is -11.2. The minimum Gasteiger partial charge on any atom is -0.508 e. The van der Waals surface area contributed by atoms with Gasteiger partial charge >= 0.3 is 0 Å². The van der Waals surface area contributed by atoms with Crippen LogP contribution in [0, 0.1) is 71.0 Å². The van der Waals surface area contributed by atoms with Gasteiger partial charge in [-0.05, 0) is 126 Å². The predicted octanol–water partition coefficient (Wildman–Crippen LogP) is 0.399. The van der Waals surface area contributed by atoms with Gasteiger partial charge in [0.15, 0.2) is 0 Å². The molecule has 3 aliphatic carbocycles. The van der Waals surface area contributed by atoms with E-state index in [1.165, 1.54) is 19.1 Å². The van der Waals surface area contributed by atoms with Crippen molar-refractivity contribution in [3.8, 4) is 5.75 Å². The lowest BCUT2D eigenvalue weighted by Crippen LogP contribution is -2.54. The first-order valence-electron chi connectivity index (χ1n) is 46.9. The van der Waals surface area contributed by atoms with Crippen LogP contribution in [0.15, 0.2) is 109 Å². The van der Waals surface area contributed by atoms with E-state index in [2.05, 4.69) is 95.7 Å². The summed E-state index contributed by atoms with van der Waals surface area (Å²) in [6.45, 7) is 11.8. The van der Waals surface area contributed by atoms with Crippen molar-refractivity contribution in [1.82, 2.24) is 95.7 Å². The molecule has 21 N–H and O–H groups in total. The van der Waals surface area contributed by atoms with Crippen molar-refractivity contribution >= 4 is 104 Å². The molecule has 5 heterocycles. The molecule has 130 heavy (non-hydrogen) atoms. The van der Waals surface area contributed by atoms with Gasteiger partial charge in [0, 0.05) is 141 Å². The quantitative estimate of drug-likeness (QED) is 0.0252. The highest BCUT2D eigenvalue weighted by atomic mass is 16.3. The topological polar surface area (TPSA) is 502 Å². The first kappa shape index (κ1) is 96.4. The number of amides is 14. The van der Waals surface area contributed by atoms with Gasteiger partial charge in [0.25, 0.3) is 0 Å². The number of rotatable bonds is 40. The SMILES string of the molecule is CC(=O)NC1CCCC1C(=O)N[C@H](CC(=O)NC1CCCC1C(=O)NC[C@H](CC(C)C)C(=O)NC1CNCC1C(=O)NC1CNCC1C(=O)N[C@H](CC(=O)NC1CCCC1C(=O)NC[C@H](Cc1ccc(O)cc1)C(=O)NC1CNCC1C(=O)NC1CNCC1C(=O)N[C@H](CC(=O)NC1CNCC1C(N)=O)C(C)C)Cc1cccc2ccccc12)Cc1cccc2ccccc12. The minimum atomic E-state index is -0.868. The molecule has 8 aliphatic rings. The molecular formula is C96H133N19O15. The average Bonchev–Trinajstić information content (AvgIpc) is 1.70. The summed E-state index contributed by atoms with van der Waals surface area (Å²) >= 11 is 0. The van der Waals surface area contributed by atoms with E-state index in [0.29, 0.717) is 89.4 Å². The Kier molecular flexibility index (Phi) is 33.8. The summed E-state index contributed by atoms with van der Waals surface area (Å²) < 4.78 is 0. The summed E-state index contributed by atoms with van der Waals surface area (Å²) in [4.78, 5) is 196. The molecule has 5 saturated heterocycles. The number of nitrogens with one attached hydrogen (secondary N) is 18. The van der Waals surface area contributed by atoms with Gasteiger partial charge in [-0.3, -0.25) is 67.1 Å². The van der Waals surface area contributed by atoms with Gasteiger partial charge in [-0.1, -0.05) is 144 Å². The van der Waals surface area contributed by atoms with Crippen LogP contribution >= 0.6 is 0 Å². The Morgan fingerprint density at radius 2 is 0.746 bits per heavy atom. The molecular weight excluding hydrogens is 1660 g/mol. The highest BCUT2D eigenvalue weighted by molar-refractivity contribution is 5.92. The number of nitrogens with two attached hydrogens (primary N) is 1. The number of fused-ring (bicyclic) bond motifs is 2. The van der Waals surface area contributed by atoms with Gasteiger partial charge in [-0.15, -0.1) is 0 Å². The number of hydrogen-bond acceptors (Lipinski definition) is 20. The van der Waals surface area contributed by atoms with Gasteiger partial charge in [0.1, 0.15) is 5.75 Å². The number of hydrogen-bond donors (Lipinski definition) is 20. The van der Waals surface area contributed by atoms with E-state index in [-0.39, 0.29) is 174 Å². The Morgan fingerprint density at radius 3 is 1.20 bits per heavy atom. The standard InChI is InChI=1S/C96H133N19O15/c1-52(2)33-60(40-103-90(124)67-23-12-27-76(67)108-84(118)37-62(35-58-19-10-17-56-15-6-8-21-65(56)58)106-92(126)69-25-14-26-75(69)105-54(5)116)88(122)112-80-48-100-44-72(80)95(129)114-82-50-99-43-71(82)93(127)107-63(36-59-20-11-18-57-16-7-9-22-66(57)59)38-85(119)109-77-28-13-24-68(77)91(125)104-41-61(34-55-29-31-64(117)32-30-55)89(123)113-81-49-101-45-73(81)96(130)115-83-51-102-46-74(83)94(128)111-78(53(3)4)39-86(120)110-79-47-98-42-70(79)87(97)121/h6-11,15-22,29-32,52-53,60-63,67-83,98-102,117H,12-14,23-28,33-51H2,1-5H3,(H2,97,121)(H,103,124)(H,104,125)(H,105,116)(H,106,126)(H,107,127)(H,108,118)(H,109,119)(H,110,120)(H,111,128)(H,112,122)(H,113,123)(H,114,129)(H,115,130)/t60-,61-,62-,63-,67?,68?,69?,70?,71?,72?,73?,74?,75?,76?,77?,78+,79?,80?,81?,82?,83?/m0/s1. The van der Waals surface area contributed by atoms with Crippen LogP contribution in [0.2, 0.25) is 0 Å². The van der Waals surface area contributed by atoms with Crippen LogP contribution < -0.4 is 101 Å². The summed E-state index contributed by atoms with van der Waals surface area (Å²) in [7, 11) is 0. The van der Waals surface area contributed by atoms with Crippen LogP contribution in [0.3, 0.4) is 0 Å². The van der Waals surface area contributed by atoms with E-state index < -0.39 is 143 Å². The first-order chi connectivity index (χ1) is 62.6. The Bertz CT molecular complexity index is 4870. The van der Waals surface area contributed by atoms with Crippen LogP contribution in [0.5, 0.6) is 5.75 Å². The van der Waals surface area contributed by atoms with Crippen molar-refractivity contribution in [3.05, 3.63) is 126 Å². The lowest BCUT2D eigenvalue weighted by molar-refractivity contribution is -0.132. The third-order valence-corrected chi connectivity index (χ3v) is 27.8. The maximum atomic E-state index is 14.9. The maximum absolute atomic E-state index is 14.9. The number of phenols is 1. The van der Waals surface area contributed by atoms with Crippen molar-refractivity contribution < 1.29 is 72.2 Å². The molecule has 0 spiro atoms. The van der Waals surface area contributed by atoms with Crippen LogP contribution in [0.25, 0.3) is 21.5 Å². The van der Waals surface area contributed by atoms with Crippen LogP contribution in [-0.4, -0.2) is 233 Å². The van der Waals surface area contributed by atoms with Crippen LogP contribution in [-0.2, 0) is 86.4 Å². The Morgan fingerprint density at radius 1 is 0.369 bits per heavy atom. The molecule has 16 unspecified atom stereocenters. The van der Waals surface area contributed by atoms with E-state index in [1.807, 2.05) is 113 Å². The third-order valence-electron chi connectivity index (χ3n) is 27.8. The van der Waals surface area contributed by atoms with Gasteiger partial charge in [0.05, 0.1) is 89.4 Å². The molecule has 0 radical (unpaired) electrons. The number of phenolic OH excluding ortho intramolecular Hbond substituents is 1.